The van der Waals surface area contributed by atoms with Gasteiger partial charge in [-0.3, -0.25) is 4.90 Å². The lowest BCUT2D eigenvalue weighted by Gasteiger charge is -2.47. The van der Waals surface area contributed by atoms with Crippen LogP contribution in [0.2, 0.25) is 0 Å². The Morgan fingerprint density at radius 2 is 2.14 bits per heavy atom. The SMILES string of the molecule is CO[C@]12C3=C[C@H](O)C[C@H]1c1cc4c(cc1C[NH+]2CC3)OCO4. The summed E-state index contributed by atoms with van der Waals surface area (Å²) in [6, 6.07) is 4.22. The smallest absolute Gasteiger partial charge is 0.231 e. The van der Waals surface area contributed by atoms with E-state index in [1.165, 1.54) is 21.6 Å². The third kappa shape index (κ3) is 1.44. The minimum absolute atomic E-state index is 0.170. The third-order valence-corrected chi connectivity index (χ3v) is 5.80. The molecule has 5 rings (SSSR count). The maximum Gasteiger partial charge on any atom is 0.231 e. The Balaban J connectivity index is 1.72. The van der Waals surface area contributed by atoms with Crippen molar-refractivity contribution in [1.29, 1.82) is 0 Å². The first kappa shape index (κ1) is 12.9. The molecule has 1 fully saturated rings. The molecule has 0 bridgehead atoms. The highest BCUT2D eigenvalue weighted by molar-refractivity contribution is 5.52. The van der Waals surface area contributed by atoms with Crippen molar-refractivity contribution in [2.75, 3.05) is 20.4 Å². The van der Waals surface area contributed by atoms with E-state index in [-0.39, 0.29) is 17.7 Å². The second kappa shape index (κ2) is 4.25. The molecule has 0 amide bonds. The van der Waals surface area contributed by atoms with Crippen LogP contribution in [-0.2, 0) is 11.3 Å². The maximum absolute atomic E-state index is 10.3. The Morgan fingerprint density at radius 3 is 2.95 bits per heavy atom. The Kier molecular flexibility index (Phi) is 2.50. The van der Waals surface area contributed by atoms with Crippen LogP contribution in [0.5, 0.6) is 11.5 Å². The summed E-state index contributed by atoms with van der Waals surface area (Å²) in [5.41, 5.74) is 3.51. The summed E-state index contributed by atoms with van der Waals surface area (Å²) < 4.78 is 17.2. The number of nitrogens with one attached hydrogen (secondary N) is 1. The highest BCUT2D eigenvalue weighted by Crippen LogP contribution is 2.49. The van der Waals surface area contributed by atoms with E-state index in [0.717, 1.165) is 31.0 Å². The van der Waals surface area contributed by atoms with E-state index >= 15 is 0 Å². The fraction of sp³-hybridized carbons (Fsp3) is 0.529. The Bertz CT molecular complexity index is 685. The molecule has 5 nitrogen and oxygen atoms in total. The van der Waals surface area contributed by atoms with Gasteiger partial charge in [0.25, 0.3) is 0 Å². The standard InChI is InChI=1S/C17H19NO4/c1-20-17-11-2-3-18(17)8-10-4-15-16(22-9-21-15)7-13(10)14(17)6-12(19)5-11/h4-5,7,12,14,19H,2-3,6,8-9H2,1H3/p+1/t12-,14-,17+/m0/s1. The number of hydrogen-bond donors (Lipinski definition) is 2. The predicted molar refractivity (Wildman–Crippen MR) is 77.9 cm³/mol. The zero-order valence-corrected chi connectivity index (χ0v) is 12.6. The molecule has 4 aliphatic rings. The second-order valence-electron chi connectivity index (χ2n) is 6.67. The molecule has 22 heavy (non-hydrogen) atoms. The van der Waals surface area contributed by atoms with Crippen LogP contribution in [0, 0.1) is 0 Å². The highest BCUT2D eigenvalue weighted by atomic mass is 16.7. The monoisotopic (exact) mass is 302 g/mol. The number of aliphatic hydroxyl groups excluding tert-OH is 1. The van der Waals surface area contributed by atoms with Gasteiger partial charge in [-0.15, -0.1) is 0 Å². The van der Waals surface area contributed by atoms with E-state index in [9.17, 15) is 5.11 Å². The Morgan fingerprint density at radius 1 is 1.32 bits per heavy atom. The van der Waals surface area contributed by atoms with Crippen molar-refractivity contribution < 1.29 is 24.2 Å². The van der Waals surface area contributed by atoms with Gasteiger partial charge in [-0.1, -0.05) is 0 Å². The van der Waals surface area contributed by atoms with Crippen molar-refractivity contribution in [3.8, 4) is 11.5 Å². The zero-order valence-electron chi connectivity index (χ0n) is 12.6. The minimum atomic E-state index is -0.390. The van der Waals surface area contributed by atoms with Crippen LogP contribution in [0.25, 0.3) is 0 Å². The summed E-state index contributed by atoms with van der Waals surface area (Å²) in [6.45, 7) is 2.28. The van der Waals surface area contributed by atoms with E-state index in [0.29, 0.717) is 13.2 Å². The lowest BCUT2D eigenvalue weighted by Crippen LogP contribution is -3.19. The number of ether oxygens (including phenoxy) is 3. The van der Waals surface area contributed by atoms with Gasteiger partial charge in [0.1, 0.15) is 6.54 Å². The summed E-state index contributed by atoms with van der Waals surface area (Å²) in [6.07, 6.45) is 3.33. The summed E-state index contributed by atoms with van der Waals surface area (Å²) in [5, 5.41) is 10.3. The second-order valence-corrected chi connectivity index (χ2v) is 6.67. The van der Waals surface area contributed by atoms with Crippen molar-refractivity contribution in [3.05, 3.63) is 34.9 Å². The number of benzene rings is 1. The fourth-order valence-corrected chi connectivity index (χ4v) is 4.96. The molecular weight excluding hydrogens is 282 g/mol. The van der Waals surface area contributed by atoms with Gasteiger partial charge in [0, 0.05) is 24.7 Å². The highest BCUT2D eigenvalue weighted by Gasteiger charge is 2.61. The van der Waals surface area contributed by atoms with Crippen LogP contribution >= 0.6 is 0 Å². The predicted octanol–water partition coefficient (Wildman–Crippen LogP) is 0.335. The molecule has 2 N–H and O–H groups in total. The first-order valence-corrected chi connectivity index (χ1v) is 7.94. The van der Waals surface area contributed by atoms with Crippen LogP contribution in [-0.4, -0.2) is 37.4 Å². The van der Waals surface area contributed by atoms with E-state index in [2.05, 4.69) is 12.1 Å². The molecule has 4 atom stereocenters. The van der Waals surface area contributed by atoms with Gasteiger partial charge in [0.15, 0.2) is 11.5 Å². The first-order valence-electron chi connectivity index (χ1n) is 7.94. The van der Waals surface area contributed by atoms with Crippen LogP contribution in [0.1, 0.15) is 29.9 Å². The third-order valence-electron chi connectivity index (χ3n) is 5.80. The van der Waals surface area contributed by atoms with Gasteiger partial charge in [0.05, 0.1) is 18.6 Å². The average Bonchev–Trinajstić information content (AvgIpc) is 3.10. The zero-order chi connectivity index (χ0) is 14.9. The lowest BCUT2D eigenvalue weighted by molar-refractivity contribution is -0.978. The summed E-state index contributed by atoms with van der Waals surface area (Å²) in [7, 11) is 1.81. The summed E-state index contributed by atoms with van der Waals surface area (Å²) in [4.78, 5) is 1.45. The number of methoxy groups -OCH3 is 1. The number of fused-ring (bicyclic) bond motifs is 3. The van der Waals surface area contributed by atoms with E-state index in [1.807, 2.05) is 13.2 Å². The van der Waals surface area contributed by atoms with Gasteiger partial charge < -0.3 is 19.3 Å². The van der Waals surface area contributed by atoms with E-state index in [4.69, 9.17) is 14.2 Å². The van der Waals surface area contributed by atoms with Gasteiger partial charge in [-0.2, -0.15) is 0 Å². The molecule has 1 unspecified atom stereocenters. The van der Waals surface area contributed by atoms with Gasteiger partial charge in [-0.05, 0) is 30.2 Å². The van der Waals surface area contributed by atoms with Crippen molar-refractivity contribution in [2.45, 2.75) is 37.1 Å². The van der Waals surface area contributed by atoms with Gasteiger partial charge in [-0.25, -0.2) is 0 Å². The average molecular weight is 302 g/mol. The number of aliphatic hydroxyl groups is 1. The van der Waals surface area contributed by atoms with Crippen LogP contribution in [0.4, 0.5) is 0 Å². The molecular formula is C17H20NO4+. The molecule has 0 spiro atoms. The van der Waals surface area contributed by atoms with E-state index in [1.54, 1.807) is 0 Å². The van der Waals surface area contributed by atoms with Crippen LogP contribution in [0.3, 0.4) is 0 Å². The maximum atomic E-state index is 10.3. The molecule has 5 heteroatoms. The molecule has 1 aliphatic carbocycles. The number of quaternary nitrogens is 1. The molecule has 1 aromatic rings. The van der Waals surface area contributed by atoms with Gasteiger partial charge in [0.2, 0.25) is 12.5 Å². The molecule has 0 aromatic heterocycles. The van der Waals surface area contributed by atoms with Crippen molar-refractivity contribution >= 4 is 0 Å². The van der Waals surface area contributed by atoms with Crippen molar-refractivity contribution in [1.82, 2.24) is 0 Å². The molecule has 1 saturated heterocycles. The molecule has 1 aromatic carbocycles. The Hall–Kier alpha value is -1.56. The molecule has 3 aliphatic heterocycles. The van der Waals surface area contributed by atoms with Crippen LogP contribution < -0.4 is 14.4 Å². The Labute approximate surface area is 129 Å². The van der Waals surface area contributed by atoms with Crippen molar-refractivity contribution in [3.63, 3.8) is 0 Å². The lowest BCUT2D eigenvalue weighted by atomic mass is 9.72. The molecule has 116 valence electrons. The van der Waals surface area contributed by atoms with Crippen molar-refractivity contribution in [2.24, 2.45) is 0 Å². The molecule has 0 radical (unpaired) electrons. The summed E-state index contributed by atoms with van der Waals surface area (Å²) >= 11 is 0. The molecule has 3 heterocycles. The topological polar surface area (TPSA) is 52.4 Å². The van der Waals surface area contributed by atoms with Crippen LogP contribution in [0.15, 0.2) is 23.8 Å². The number of hydrogen-bond acceptors (Lipinski definition) is 4. The van der Waals surface area contributed by atoms with E-state index < -0.39 is 0 Å². The fourth-order valence-electron chi connectivity index (χ4n) is 4.96. The first-order chi connectivity index (χ1) is 10.7. The molecule has 0 saturated carbocycles. The number of rotatable bonds is 1. The quantitative estimate of drug-likeness (QED) is 0.734. The normalized spacial score (nSPS) is 37.5. The minimum Gasteiger partial charge on any atom is -0.454 e. The van der Waals surface area contributed by atoms with Gasteiger partial charge >= 0.3 is 0 Å². The largest absolute Gasteiger partial charge is 0.454 e. The summed E-state index contributed by atoms with van der Waals surface area (Å²) in [5.74, 6) is 1.83.